The Labute approximate surface area is 103 Å². The maximum absolute atomic E-state index is 10.4. The maximum Gasteiger partial charge on any atom is 0.120 e. The Balaban J connectivity index is 2.94. The first-order valence-electron chi connectivity index (χ1n) is 4.71. The summed E-state index contributed by atoms with van der Waals surface area (Å²) in [4.78, 5) is 10.4. The predicted octanol–water partition coefficient (Wildman–Crippen LogP) is 4.21. The van der Waals surface area contributed by atoms with E-state index >= 15 is 0 Å². The Bertz CT molecular complexity index is 359. The number of hydrogen-bond donors (Lipinski definition) is 0. The van der Waals surface area contributed by atoms with Crippen molar-refractivity contribution in [3.8, 4) is 0 Å². The number of aldehydes is 1. The highest BCUT2D eigenvalue weighted by Crippen LogP contribution is 2.32. The Morgan fingerprint density at radius 3 is 2.60 bits per heavy atom. The lowest BCUT2D eigenvalue weighted by Crippen LogP contribution is -1.96. The first kappa shape index (κ1) is 12.5. The van der Waals surface area contributed by atoms with Gasteiger partial charge in [0.1, 0.15) is 6.29 Å². The zero-order valence-electron chi connectivity index (χ0n) is 8.41. The van der Waals surface area contributed by atoms with Crippen LogP contribution in [0.5, 0.6) is 0 Å². The molecule has 3 heteroatoms. The molecule has 0 aliphatic rings. The molecule has 1 aromatic carbocycles. The molecule has 1 unspecified atom stereocenters. The van der Waals surface area contributed by atoms with E-state index in [9.17, 15) is 4.79 Å². The second-order valence-corrected chi connectivity index (χ2v) is 4.53. The molecular formula is C12H12BrClO. The molecule has 80 valence electrons. The molecule has 0 heterocycles. The van der Waals surface area contributed by atoms with Crippen LogP contribution in [0.1, 0.15) is 18.9 Å². The van der Waals surface area contributed by atoms with Crippen LogP contribution in [0.15, 0.2) is 35.4 Å². The summed E-state index contributed by atoms with van der Waals surface area (Å²) in [6.07, 6.45) is 1.33. The molecule has 0 fully saturated rings. The van der Waals surface area contributed by atoms with Gasteiger partial charge in [0.2, 0.25) is 0 Å². The Hall–Kier alpha value is -0.600. The molecule has 0 aliphatic carbocycles. The van der Waals surface area contributed by atoms with Gasteiger partial charge in [-0.2, -0.15) is 0 Å². The smallest absolute Gasteiger partial charge is 0.120 e. The number of benzene rings is 1. The molecule has 0 bridgehead atoms. The molecule has 1 aromatic rings. The van der Waals surface area contributed by atoms with Crippen molar-refractivity contribution in [1.82, 2.24) is 0 Å². The molecule has 0 amide bonds. The van der Waals surface area contributed by atoms with Crippen LogP contribution in [-0.4, -0.2) is 6.29 Å². The van der Waals surface area contributed by atoms with Gasteiger partial charge in [0.05, 0.1) is 0 Å². The van der Waals surface area contributed by atoms with E-state index in [1.165, 1.54) is 0 Å². The average Bonchev–Trinajstić information content (AvgIpc) is 2.28. The standard InChI is InChI=1S/C12H12BrClO/c1-9(7-8-15)12(14)11(13)10-5-3-2-4-6-10/h2-6,8-9H,7H2,1H3/b12-11-. The third-order valence-electron chi connectivity index (χ3n) is 2.12. The molecule has 0 saturated heterocycles. The summed E-state index contributed by atoms with van der Waals surface area (Å²) in [6.45, 7) is 1.93. The van der Waals surface area contributed by atoms with Crippen molar-refractivity contribution in [3.63, 3.8) is 0 Å². The van der Waals surface area contributed by atoms with Gasteiger partial charge in [0.25, 0.3) is 0 Å². The third kappa shape index (κ3) is 3.47. The summed E-state index contributed by atoms with van der Waals surface area (Å²) >= 11 is 9.62. The zero-order chi connectivity index (χ0) is 11.3. The number of hydrogen-bond acceptors (Lipinski definition) is 1. The number of halogens is 2. The van der Waals surface area contributed by atoms with Crippen molar-refractivity contribution in [1.29, 1.82) is 0 Å². The van der Waals surface area contributed by atoms with Crippen molar-refractivity contribution in [2.45, 2.75) is 13.3 Å². The minimum atomic E-state index is 0.0544. The first-order chi connectivity index (χ1) is 7.16. The van der Waals surface area contributed by atoms with Gasteiger partial charge < -0.3 is 4.79 Å². The van der Waals surface area contributed by atoms with Crippen LogP contribution in [-0.2, 0) is 4.79 Å². The quantitative estimate of drug-likeness (QED) is 0.758. The highest BCUT2D eigenvalue weighted by Gasteiger charge is 2.11. The van der Waals surface area contributed by atoms with E-state index in [0.29, 0.717) is 11.5 Å². The number of rotatable bonds is 4. The monoisotopic (exact) mass is 286 g/mol. The highest BCUT2D eigenvalue weighted by molar-refractivity contribution is 9.15. The molecule has 0 saturated carbocycles. The van der Waals surface area contributed by atoms with Crippen LogP contribution in [0.2, 0.25) is 0 Å². The summed E-state index contributed by atoms with van der Waals surface area (Å²) in [5.74, 6) is 0.0544. The van der Waals surface area contributed by atoms with E-state index in [1.807, 2.05) is 37.3 Å². The Kier molecular flexibility index (Phi) is 5.06. The van der Waals surface area contributed by atoms with Gasteiger partial charge in [-0.3, -0.25) is 0 Å². The summed E-state index contributed by atoms with van der Waals surface area (Å²) in [5.41, 5.74) is 1.03. The van der Waals surface area contributed by atoms with E-state index in [4.69, 9.17) is 11.6 Å². The number of carbonyl (C=O) groups is 1. The van der Waals surface area contributed by atoms with Gasteiger partial charge >= 0.3 is 0 Å². The maximum atomic E-state index is 10.4. The van der Waals surface area contributed by atoms with Crippen LogP contribution in [0.3, 0.4) is 0 Å². The molecule has 0 radical (unpaired) electrons. The summed E-state index contributed by atoms with van der Waals surface area (Å²) in [7, 11) is 0. The van der Waals surface area contributed by atoms with Crippen LogP contribution in [0.4, 0.5) is 0 Å². The molecule has 1 nitrogen and oxygen atoms in total. The van der Waals surface area contributed by atoms with Crippen molar-refractivity contribution in [2.24, 2.45) is 5.92 Å². The van der Waals surface area contributed by atoms with Gasteiger partial charge in [-0.05, 0) is 27.4 Å². The van der Waals surface area contributed by atoms with Gasteiger partial charge in [-0.25, -0.2) is 0 Å². The summed E-state index contributed by atoms with van der Waals surface area (Å²) in [5, 5.41) is 0.688. The summed E-state index contributed by atoms with van der Waals surface area (Å²) < 4.78 is 0.860. The molecule has 15 heavy (non-hydrogen) atoms. The van der Waals surface area contributed by atoms with Crippen LogP contribution < -0.4 is 0 Å². The molecule has 0 aliphatic heterocycles. The SMILES string of the molecule is CC(CC=O)/C(Cl)=C(/Br)c1ccccc1. The fraction of sp³-hybridized carbons (Fsp3) is 0.250. The van der Waals surface area contributed by atoms with Crippen LogP contribution in [0, 0.1) is 5.92 Å². The van der Waals surface area contributed by atoms with E-state index in [2.05, 4.69) is 15.9 Å². The predicted molar refractivity (Wildman–Crippen MR) is 68.0 cm³/mol. The van der Waals surface area contributed by atoms with Gasteiger partial charge in [-0.1, -0.05) is 48.9 Å². The lowest BCUT2D eigenvalue weighted by Gasteiger charge is -2.09. The Morgan fingerprint density at radius 2 is 2.07 bits per heavy atom. The van der Waals surface area contributed by atoms with Crippen molar-refractivity contribution in [3.05, 3.63) is 40.9 Å². The number of allylic oxidation sites excluding steroid dienone is 1. The van der Waals surface area contributed by atoms with Crippen molar-refractivity contribution >= 4 is 38.3 Å². The fourth-order valence-electron chi connectivity index (χ4n) is 1.19. The molecule has 1 rings (SSSR count). The largest absolute Gasteiger partial charge is 0.303 e. The lowest BCUT2D eigenvalue weighted by atomic mass is 10.1. The second-order valence-electron chi connectivity index (χ2n) is 3.33. The van der Waals surface area contributed by atoms with E-state index in [1.54, 1.807) is 0 Å². The molecule has 1 atom stereocenters. The molecule has 0 aromatic heterocycles. The molecule has 0 N–H and O–H groups in total. The van der Waals surface area contributed by atoms with E-state index < -0.39 is 0 Å². The van der Waals surface area contributed by atoms with Gasteiger partial charge in [0.15, 0.2) is 0 Å². The van der Waals surface area contributed by atoms with Gasteiger partial charge in [0, 0.05) is 15.9 Å². The first-order valence-corrected chi connectivity index (χ1v) is 5.88. The molecular weight excluding hydrogens is 275 g/mol. The van der Waals surface area contributed by atoms with Crippen LogP contribution in [0.25, 0.3) is 4.48 Å². The fourth-order valence-corrected chi connectivity index (χ4v) is 2.04. The minimum Gasteiger partial charge on any atom is -0.303 e. The van der Waals surface area contributed by atoms with E-state index in [0.717, 1.165) is 16.3 Å². The minimum absolute atomic E-state index is 0.0544. The second kappa shape index (κ2) is 6.09. The third-order valence-corrected chi connectivity index (χ3v) is 3.79. The lowest BCUT2D eigenvalue weighted by molar-refractivity contribution is -0.108. The average molecular weight is 288 g/mol. The summed E-state index contributed by atoms with van der Waals surface area (Å²) in [6, 6.07) is 9.79. The highest BCUT2D eigenvalue weighted by atomic mass is 79.9. The number of carbonyl (C=O) groups excluding carboxylic acids is 1. The van der Waals surface area contributed by atoms with Crippen molar-refractivity contribution < 1.29 is 4.79 Å². The molecule has 0 spiro atoms. The van der Waals surface area contributed by atoms with E-state index in [-0.39, 0.29) is 5.92 Å². The van der Waals surface area contributed by atoms with Crippen molar-refractivity contribution in [2.75, 3.05) is 0 Å². The van der Waals surface area contributed by atoms with Gasteiger partial charge in [-0.15, -0.1) is 0 Å². The zero-order valence-corrected chi connectivity index (χ0v) is 10.8. The topological polar surface area (TPSA) is 17.1 Å². The Morgan fingerprint density at radius 1 is 1.47 bits per heavy atom. The van der Waals surface area contributed by atoms with Crippen LogP contribution >= 0.6 is 27.5 Å². The normalized spacial score (nSPS) is 14.3.